The molecule has 1 amide bonds. The van der Waals surface area contributed by atoms with E-state index in [1.54, 1.807) is 16.7 Å². The van der Waals surface area contributed by atoms with Crippen LogP contribution in [0.25, 0.3) is 0 Å². The molecule has 1 aliphatic carbocycles. The highest BCUT2D eigenvalue weighted by Crippen LogP contribution is 2.60. The third-order valence-electron chi connectivity index (χ3n) is 9.35. The van der Waals surface area contributed by atoms with Crippen LogP contribution in [0.15, 0.2) is 24.4 Å². The SMILES string of the molecule is COC(=O)c1c(C)cc(N2CCN(C(=O)c3cnc4c(n3)C3(CN4c4cc(F)c(F)c(F)c4)CC(C)(C)C3)C(C)(C)C2)nc1C. The highest BCUT2D eigenvalue weighted by molar-refractivity contribution is 5.94. The van der Waals surface area contributed by atoms with Crippen molar-refractivity contribution >= 4 is 29.2 Å². The minimum Gasteiger partial charge on any atom is -0.465 e. The second-order valence-electron chi connectivity index (χ2n) is 14.0. The van der Waals surface area contributed by atoms with Crippen molar-refractivity contribution in [3.05, 3.63) is 70.1 Å². The van der Waals surface area contributed by atoms with E-state index in [-0.39, 0.29) is 22.7 Å². The van der Waals surface area contributed by atoms with E-state index in [0.717, 1.165) is 36.4 Å². The fraction of sp³-hybridized carbons (Fsp3) is 0.485. The van der Waals surface area contributed by atoms with Crippen molar-refractivity contribution in [1.29, 1.82) is 0 Å². The monoisotopic (exact) mass is 622 g/mol. The average molecular weight is 623 g/mol. The van der Waals surface area contributed by atoms with Gasteiger partial charge >= 0.3 is 5.97 Å². The predicted octanol–water partition coefficient (Wildman–Crippen LogP) is 5.64. The van der Waals surface area contributed by atoms with E-state index < -0.39 is 34.4 Å². The Balaban J connectivity index is 1.28. The smallest absolute Gasteiger partial charge is 0.339 e. The van der Waals surface area contributed by atoms with Crippen molar-refractivity contribution in [2.75, 3.05) is 43.1 Å². The number of hydrogen-bond acceptors (Lipinski definition) is 8. The van der Waals surface area contributed by atoms with E-state index in [2.05, 4.69) is 28.7 Å². The number of fused-ring (bicyclic) bond motifs is 2. The molecule has 2 aromatic heterocycles. The van der Waals surface area contributed by atoms with E-state index in [0.29, 0.717) is 48.9 Å². The first-order chi connectivity index (χ1) is 21.1. The summed E-state index contributed by atoms with van der Waals surface area (Å²) >= 11 is 0. The Kier molecular flexibility index (Phi) is 7.13. The number of carbonyl (C=O) groups excluding carboxylic acids is 2. The Hall–Kier alpha value is -4.22. The molecule has 2 fully saturated rings. The zero-order valence-electron chi connectivity index (χ0n) is 26.6. The standard InChI is InChI=1S/C33H37F3N6O3/c1-18-10-24(38-19(2)25(18)30(44)45-7)40-8-9-42(32(5,6)16-40)29(43)23-13-37-28-27(39-23)33(14-31(3,4)15-33)17-41(28)20-11-21(34)26(36)22(35)12-20/h10-13H,8-9,14-17H2,1-7H3. The molecule has 1 saturated carbocycles. The van der Waals surface area contributed by atoms with Crippen LogP contribution in [0, 0.1) is 36.7 Å². The van der Waals surface area contributed by atoms with Crippen LogP contribution in [0.4, 0.5) is 30.5 Å². The molecule has 45 heavy (non-hydrogen) atoms. The molecule has 4 heterocycles. The summed E-state index contributed by atoms with van der Waals surface area (Å²) in [4.78, 5) is 46.0. The Morgan fingerprint density at radius 2 is 1.60 bits per heavy atom. The van der Waals surface area contributed by atoms with E-state index >= 15 is 0 Å². The van der Waals surface area contributed by atoms with Gasteiger partial charge in [0.05, 0.1) is 35.8 Å². The highest BCUT2D eigenvalue weighted by atomic mass is 19.2. The zero-order chi connectivity index (χ0) is 32.6. The van der Waals surface area contributed by atoms with Crippen LogP contribution in [-0.4, -0.2) is 70.6 Å². The Morgan fingerprint density at radius 1 is 0.933 bits per heavy atom. The molecule has 0 bridgehead atoms. The summed E-state index contributed by atoms with van der Waals surface area (Å²) in [6.45, 7) is 13.7. The number of anilines is 3. The average Bonchev–Trinajstić information content (AvgIpc) is 3.27. The van der Waals surface area contributed by atoms with Gasteiger partial charge in [-0.15, -0.1) is 0 Å². The number of halogens is 3. The van der Waals surface area contributed by atoms with Crippen LogP contribution in [0.3, 0.4) is 0 Å². The zero-order valence-corrected chi connectivity index (χ0v) is 26.6. The summed E-state index contributed by atoms with van der Waals surface area (Å²) in [5.74, 6) is -3.62. The summed E-state index contributed by atoms with van der Waals surface area (Å²) in [7, 11) is 1.34. The van der Waals surface area contributed by atoms with Crippen LogP contribution in [-0.2, 0) is 10.2 Å². The normalized spacial score (nSPS) is 19.4. The van der Waals surface area contributed by atoms with Crippen molar-refractivity contribution in [3.8, 4) is 0 Å². The first-order valence-corrected chi connectivity index (χ1v) is 15.0. The van der Waals surface area contributed by atoms with Gasteiger partial charge in [0.2, 0.25) is 0 Å². The van der Waals surface area contributed by atoms with Gasteiger partial charge in [0, 0.05) is 49.4 Å². The van der Waals surface area contributed by atoms with Crippen molar-refractivity contribution in [2.45, 2.75) is 65.3 Å². The van der Waals surface area contributed by atoms with E-state index in [4.69, 9.17) is 9.72 Å². The third kappa shape index (κ3) is 5.07. The van der Waals surface area contributed by atoms with E-state index in [9.17, 15) is 22.8 Å². The van der Waals surface area contributed by atoms with Gasteiger partial charge in [0.25, 0.3) is 5.91 Å². The van der Waals surface area contributed by atoms with Crippen molar-refractivity contribution in [3.63, 3.8) is 0 Å². The van der Waals surface area contributed by atoms with Crippen LogP contribution >= 0.6 is 0 Å². The lowest BCUT2D eigenvalue weighted by Crippen LogP contribution is -2.61. The fourth-order valence-corrected chi connectivity index (χ4v) is 7.71. The molecule has 238 valence electrons. The van der Waals surface area contributed by atoms with E-state index in [1.165, 1.54) is 13.3 Å². The summed E-state index contributed by atoms with van der Waals surface area (Å²) < 4.78 is 47.1. The maximum Gasteiger partial charge on any atom is 0.339 e. The van der Waals surface area contributed by atoms with Crippen LogP contribution < -0.4 is 9.80 Å². The molecule has 0 unspecified atom stereocenters. The lowest BCUT2D eigenvalue weighted by molar-refractivity contribution is 0.0500. The lowest BCUT2D eigenvalue weighted by atomic mass is 9.54. The van der Waals surface area contributed by atoms with Gasteiger partial charge < -0.3 is 19.4 Å². The molecule has 3 aromatic rings. The first-order valence-electron chi connectivity index (χ1n) is 15.0. The number of amides is 1. The summed E-state index contributed by atoms with van der Waals surface area (Å²) in [5, 5.41) is 0. The highest BCUT2D eigenvalue weighted by Gasteiger charge is 2.57. The number of carbonyl (C=O) groups is 2. The second-order valence-corrected chi connectivity index (χ2v) is 14.0. The quantitative estimate of drug-likeness (QED) is 0.273. The molecule has 0 atom stereocenters. The third-order valence-corrected chi connectivity index (χ3v) is 9.35. The van der Waals surface area contributed by atoms with Crippen molar-refractivity contribution in [1.82, 2.24) is 19.9 Å². The van der Waals surface area contributed by atoms with Crippen LogP contribution in [0.5, 0.6) is 0 Å². The first kappa shape index (κ1) is 30.8. The lowest BCUT2D eigenvalue weighted by Gasteiger charge is -2.51. The van der Waals surface area contributed by atoms with Gasteiger partial charge in [-0.05, 0) is 57.6 Å². The Bertz CT molecular complexity index is 1690. The van der Waals surface area contributed by atoms with Gasteiger partial charge in [0.15, 0.2) is 23.3 Å². The minimum absolute atomic E-state index is 0.0202. The molecule has 1 aromatic carbocycles. The predicted molar refractivity (Wildman–Crippen MR) is 162 cm³/mol. The fourth-order valence-electron chi connectivity index (χ4n) is 7.71. The van der Waals surface area contributed by atoms with Crippen LogP contribution in [0.1, 0.15) is 78.3 Å². The topological polar surface area (TPSA) is 91.8 Å². The molecule has 12 heteroatoms. The molecule has 1 spiro atoms. The number of benzene rings is 1. The maximum absolute atomic E-state index is 14.2. The van der Waals surface area contributed by atoms with Gasteiger partial charge in [-0.1, -0.05) is 13.8 Å². The molecule has 9 nitrogen and oxygen atoms in total. The number of nitrogens with zero attached hydrogens (tertiary/aromatic N) is 6. The number of piperazine rings is 1. The molecular weight excluding hydrogens is 585 g/mol. The number of ether oxygens (including phenoxy) is 1. The number of aromatic nitrogens is 3. The van der Waals surface area contributed by atoms with Gasteiger partial charge in [-0.25, -0.2) is 32.9 Å². The molecule has 0 radical (unpaired) electrons. The van der Waals surface area contributed by atoms with E-state index in [1.807, 2.05) is 26.8 Å². The summed E-state index contributed by atoms with van der Waals surface area (Å²) in [6.07, 6.45) is 2.93. The largest absolute Gasteiger partial charge is 0.465 e. The molecule has 0 N–H and O–H groups in total. The van der Waals surface area contributed by atoms with Crippen LogP contribution in [0.2, 0.25) is 0 Å². The van der Waals surface area contributed by atoms with Gasteiger partial charge in [-0.3, -0.25) is 4.79 Å². The van der Waals surface area contributed by atoms with Gasteiger partial charge in [-0.2, -0.15) is 0 Å². The molecule has 6 rings (SSSR count). The number of pyridine rings is 1. The number of aryl methyl sites for hydroxylation is 2. The molecule has 3 aliphatic rings. The molecular formula is C33H37F3N6O3. The molecule has 2 aliphatic heterocycles. The Labute approximate surface area is 260 Å². The minimum atomic E-state index is -1.52. The number of esters is 1. The van der Waals surface area contributed by atoms with Crippen molar-refractivity contribution < 1.29 is 27.5 Å². The Morgan fingerprint density at radius 3 is 2.18 bits per heavy atom. The molecule has 1 saturated heterocycles. The summed E-state index contributed by atoms with van der Waals surface area (Å²) in [5.41, 5.74) is 1.73. The second kappa shape index (κ2) is 10.4. The summed E-state index contributed by atoms with van der Waals surface area (Å²) in [6, 6.07) is 3.80. The van der Waals surface area contributed by atoms with Gasteiger partial charge in [0.1, 0.15) is 11.5 Å². The van der Waals surface area contributed by atoms with Crippen molar-refractivity contribution in [2.24, 2.45) is 5.41 Å². The maximum atomic E-state index is 14.2. The number of methoxy groups -OCH3 is 1. The number of rotatable bonds is 4. The number of hydrogen-bond donors (Lipinski definition) is 0.